The average molecular weight is 222 g/mol. The Bertz CT molecular complexity index is 300. The summed E-state index contributed by atoms with van der Waals surface area (Å²) in [5, 5.41) is 9.52. The molecular weight excluding hydrogens is 204 g/mol. The number of aldehydes is 2. The second kappa shape index (κ2) is 8.80. The molecule has 0 spiro atoms. The van der Waals surface area contributed by atoms with Crippen LogP contribution in [0.1, 0.15) is 20.3 Å². The number of carbonyl (C=O) groups is 2. The molecule has 3 nitrogen and oxygen atoms in total. The fraction of sp³-hybridized carbons (Fsp3) is 0.385. The highest BCUT2D eigenvalue weighted by Gasteiger charge is 2.10. The summed E-state index contributed by atoms with van der Waals surface area (Å²) >= 11 is 0. The molecule has 0 radical (unpaired) electrons. The molecule has 0 rings (SSSR count). The molecule has 0 fully saturated rings. The number of allylic oxidation sites excluding steroid dienone is 5. The molecule has 1 N–H and O–H groups in total. The molecule has 0 bridgehead atoms. The summed E-state index contributed by atoms with van der Waals surface area (Å²) in [5.41, 5.74) is 0.980. The number of rotatable bonds is 7. The largest absolute Gasteiger partial charge is 0.392 e. The summed E-state index contributed by atoms with van der Waals surface area (Å²) in [6, 6.07) is 0. The van der Waals surface area contributed by atoms with Crippen LogP contribution in [0.5, 0.6) is 0 Å². The van der Waals surface area contributed by atoms with Crippen molar-refractivity contribution >= 4 is 12.6 Å². The molecule has 0 aliphatic carbocycles. The molecule has 0 amide bonds. The minimum atomic E-state index is -0.633. The average Bonchev–Trinajstić information content (AvgIpc) is 2.24. The van der Waals surface area contributed by atoms with Gasteiger partial charge in [0.1, 0.15) is 12.6 Å². The molecule has 0 saturated heterocycles. The molecule has 0 aromatic carbocycles. The summed E-state index contributed by atoms with van der Waals surface area (Å²) in [7, 11) is 0. The van der Waals surface area contributed by atoms with E-state index in [4.69, 9.17) is 0 Å². The number of hydrogen-bond donors (Lipinski definition) is 1. The van der Waals surface area contributed by atoms with Gasteiger partial charge in [0.25, 0.3) is 0 Å². The number of carbonyl (C=O) groups excluding carboxylic acids is 2. The Morgan fingerprint density at radius 3 is 2.50 bits per heavy atom. The van der Waals surface area contributed by atoms with Crippen molar-refractivity contribution < 1.29 is 14.7 Å². The van der Waals surface area contributed by atoms with Crippen LogP contribution in [0.3, 0.4) is 0 Å². The molecule has 0 aliphatic rings. The standard InChI is InChI=1S/C13H18O3/c1-11(6-4-3-5-8-14)10-12(2)13(16)7-9-15/h3-6,8-10,12-13,16H,7H2,1-2H3/b5-3+,6-4+,11-10+/t12-,13-/m0/s1. The molecule has 0 saturated carbocycles. The maximum Gasteiger partial charge on any atom is 0.142 e. The molecule has 88 valence electrons. The van der Waals surface area contributed by atoms with Crippen LogP contribution in [0.15, 0.2) is 36.0 Å². The lowest BCUT2D eigenvalue weighted by molar-refractivity contribution is -0.110. The van der Waals surface area contributed by atoms with Crippen LogP contribution in [0, 0.1) is 5.92 Å². The zero-order valence-electron chi connectivity index (χ0n) is 9.67. The molecule has 0 aromatic rings. The number of hydrogen-bond acceptors (Lipinski definition) is 3. The fourth-order valence-electron chi connectivity index (χ4n) is 1.21. The van der Waals surface area contributed by atoms with Gasteiger partial charge < -0.3 is 9.90 Å². The van der Waals surface area contributed by atoms with Crippen molar-refractivity contribution in [2.24, 2.45) is 5.92 Å². The van der Waals surface area contributed by atoms with Gasteiger partial charge in [0.15, 0.2) is 0 Å². The number of aliphatic hydroxyl groups is 1. The Balaban J connectivity index is 4.29. The van der Waals surface area contributed by atoms with Crippen LogP contribution in [0.2, 0.25) is 0 Å². The van der Waals surface area contributed by atoms with E-state index in [1.54, 1.807) is 12.2 Å². The molecule has 16 heavy (non-hydrogen) atoms. The van der Waals surface area contributed by atoms with Gasteiger partial charge in [0.2, 0.25) is 0 Å². The van der Waals surface area contributed by atoms with E-state index in [0.29, 0.717) is 12.6 Å². The Hall–Kier alpha value is -1.48. The Morgan fingerprint density at radius 2 is 1.94 bits per heavy atom. The third kappa shape index (κ3) is 6.90. The van der Waals surface area contributed by atoms with Gasteiger partial charge in [-0.15, -0.1) is 0 Å². The summed E-state index contributed by atoms with van der Waals surface area (Å²) in [5.74, 6) is -0.0649. The van der Waals surface area contributed by atoms with Crippen LogP contribution in [-0.2, 0) is 9.59 Å². The van der Waals surface area contributed by atoms with E-state index < -0.39 is 6.10 Å². The number of aliphatic hydroxyl groups excluding tert-OH is 1. The normalized spacial score (nSPS) is 16.6. The third-order valence-electron chi connectivity index (χ3n) is 2.13. The van der Waals surface area contributed by atoms with Crippen LogP contribution in [0.25, 0.3) is 0 Å². The van der Waals surface area contributed by atoms with E-state index in [1.165, 1.54) is 6.08 Å². The molecular formula is C13H18O3. The SMILES string of the molecule is CC(/C=C/C=C/C=O)=C\[C@H](C)[C@@H](O)CC=O. The summed E-state index contributed by atoms with van der Waals surface area (Å²) < 4.78 is 0. The summed E-state index contributed by atoms with van der Waals surface area (Å²) in [4.78, 5) is 20.2. The Labute approximate surface area is 96.2 Å². The Kier molecular flexibility index (Phi) is 7.98. The van der Waals surface area contributed by atoms with Gasteiger partial charge in [-0.3, -0.25) is 4.79 Å². The predicted molar refractivity (Wildman–Crippen MR) is 64.0 cm³/mol. The zero-order chi connectivity index (χ0) is 12.4. The molecule has 2 atom stereocenters. The van der Waals surface area contributed by atoms with E-state index in [9.17, 15) is 14.7 Å². The van der Waals surface area contributed by atoms with Gasteiger partial charge in [-0.2, -0.15) is 0 Å². The highest BCUT2D eigenvalue weighted by atomic mass is 16.3. The van der Waals surface area contributed by atoms with Gasteiger partial charge in [-0.25, -0.2) is 0 Å². The lowest BCUT2D eigenvalue weighted by atomic mass is 9.99. The van der Waals surface area contributed by atoms with Gasteiger partial charge in [0.05, 0.1) is 6.10 Å². The van der Waals surface area contributed by atoms with Crippen molar-refractivity contribution in [2.75, 3.05) is 0 Å². The van der Waals surface area contributed by atoms with Crippen LogP contribution < -0.4 is 0 Å². The topological polar surface area (TPSA) is 54.4 Å². The van der Waals surface area contributed by atoms with Crippen molar-refractivity contribution in [2.45, 2.75) is 26.4 Å². The van der Waals surface area contributed by atoms with E-state index in [0.717, 1.165) is 5.57 Å². The van der Waals surface area contributed by atoms with Crippen LogP contribution in [0.4, 0.5) is 0 Å². The van der Waals surface area contributed by atoms with Crippen molar-refractivity contribution in [1.82, 2.24) is 0 Å². The van der Waals surface area contributed by atoms with E-state index >= 15 is 0 Å². The zero-order valence-corrected chi connectivity index (χ0v) is 9.67. The first-order chi connectivity index (χ1) is 7.61. The first kappa shape index (κ1) is 14.5. The molecule has 0 heterocycles. The van der Waals surface area contributed by atoms with E-state index in [2.05, 4.69) is 0 Å². The lowest BCUT2D eigenvalue weighted by Gasteiger charge is -2.12. The third-order valence-corrected chi connectivity index (χ3v) is 2.13. The molecule has 0 unspecified atom stereocenters. The smallest absolute Gasteiger partial charge is 0.142 e. The van der Waals surface area contributed by atoms with Gasteiger partial charge >= 0.3 is 0 Å². The first-order valence-electron chi connectivity index (χ1n) is 5.20. The maximum absolute atomic E-state index is 10.2. The minimum absolute atomic E-state index is 0.0649. The van der Waals surface area contributed by atoms with Gasteiger partial charge in [-0.1, -0.05) is 36.8 Å². The van der Waals surface area contributed by atoms with Gasteiger partial charge in [0, 0.05) is 12.3 Å². The summed E-state index contributed by atoms with van der Waals surface area (Å²) in [6.45, 7) is 3.75. The second-order valence-electron chi connectivity index (χ2n) is 3.62. The maximum atomic E-state index is 10.2. The van der Waals surface area contributed by atoms with Crippen LogP contribution >= 0.6 is 0 Å². The molecule has 0 aromatic heterocycles. The first-order valence-corrected chi connectivity index (χ1v) is 5.20. The van der Waals surface area contributed by atoms with Crippen molar-refractivity contribution in [1.29, 1.82) is 0 Å². The highest BCUT2D eigenvalue weighted by molar-refractivity contribution is 5.65. The van der Waals surface area contributed by atoms with E-state index in [1.807, 2.05) is 26.0 Å². The Morgan fingerprint density at radius 1 is 1.25 bits per heavy atom. The monoisotopic (exact) mass is 222 g/mol. The van der Waals surface area contributed by atoms with Crippen molar-refractivity contribution in [3.05, 3.63) is 36.0 Å². The van der Waals surface area contributed by atoms with Crippen molar-refractivity contribution in [3.8, 4) is 0 Å². The molecule has 3 heteroatoms. The fourth-order valence-corrected chi connectivity index (χ4v) is 1.21. The quantitative estimate of drug-likeness (QED) is 0.406. The van der Waals surface area contributed by atoms with Crippen molar-refractivity contribution in [3.63, 3.8) is 0 Å². The van der Waals surface area contributed by atoms with Crippen LogP contribution in [-0.4, -0.2) is 23.8 Å². The second-order valence-corrected chi connectivity index (χ2v) is 3.62. The molecule has 0 aliphatic heterocycles. The minimum Gasteiger partial charge on any atom is -0.392 e. The lowest BCUT2D eigenvalue weighted by Crippen LogP contribution is -2.16. The highest BCUT2D eigenvalue weighted by Crippen LogP contribution is 2.11. The van der Waals surface area contributed by atoms with E-state index in [-0.39, 0.29) is 12.3 Å². The van der Waals surface area contributed by atoms with Gasteiger partial charge in [-0.05, 0) is 13.0 Å². The predicted octanol–water partition coefficient (Wildman–Crippen LogP) is 1.83. The summed E-state index contributed by atoms with van der Waals surface area (Å²) in [6.07, 6.45) is 9.45.